The summed E-state index contributed by atoms with van der Waals surface area (Å²) in [5.41, 5.74) is 1.15. The van der Waals surface area contributed by atoms with Gasteiger partial charge in [0.05, 0.1) is 5.92 Å². The third-order valence-electron chi connectivity index (χ3n) is 4.77. The van der Waals surface area contributed by atoms with E-state index in [9.17, 15) is 4.79 Å². The van der Waals surface area contributed by atoms with Gasteiger partial charge < -0.3 is 10.6 Å². The quantitative estimate of drug-likeness (QED) is 0.874. The van der Waals surface area contributed by atoms with Crippen molar-refractivity contribution in [2.75, 3.05) is 24.2 Å². The summed E-state index contributed by atoms with van der Waals surface area (Å²) in [6.07, 6.45) is 5.15. The Morgan fingerprint density at radius 2 is 2.04 bits per heavy atom. The number of aromatic nitrogens is 1. The number of carbonyl (C=O) groups is 1. The SMILES string of the molecule is O=C(Nc1ncc(C2CCNCC2)s1)C1CCSc2ccccc21. The number of thiazole rings is 1. The van der Waals surface area contributed by atoms with Gasteiger partial charge in [-0.25, -0.2) is 4.98 Å². The lowest BCUT2D eigenvalue weighted by Gasteiger charge is -2.23. The molecule has 0 aliphatic carbocycles. The first-order valence-electron chi connectivity index (χ1n) is 8.50. The molecule has 4 nitrogen and oxygen atoms in total. The van der Waals surface area contributed by atoms with Crippen LogP contribution in [0.4, 0.5) is 5.13 Å². The Bertz CT molecular complexity index is 725. The van der Waals surface area contributed by atoms with Crippen molar-refractivity contribution in [1.82, 2.24) is 10.3 Å². The van der Waals surface area contributed by atoms with E-state index < -0.39 is 0 Å². The third-order valence-corrected chi connectivity index (χ3v) is 6.97. The topological polar surface area (TPSA) is 54.0 Å². The fraction of sp³-hybridized carbons (Fsp3) is 0.444. The molecule has 0 spiro atoms. The first-order valence-corrected chi connectivity index (χ1v) is 10.3. The molecule has 1 aromatic carbocycles. The first-order chi connectivity index (χ1) is 11.8. The maximum Gasteiger partial charge on any atom is 0.233 e. The van der Waals surface area contributed by atoms with E-state index in [0.29, 0.717) is 5.92 Å². The Balaban J connectivity index is 1.46. The van der Waals surface area contributed by atoms with E-state index in [0.717, 1.165) is 48.8 Å². The lowest BCUT2D eigenvalue weighted by atomic mass is 9.95. The zero-order valence-corrected chi connectivity index (χ0v) is 15.1. The van der Waals surface area contributed by atoms with Crippen LogP contribution in [-0.2, 0) is 4.79 Å². The molecule has 2 aliphatic heterocycles. The van der Waals surface area contributed by atoms with E-state index in [4.69, 9.17) is 0 Å². The summed E-state index contributed by atoms with van der Waals surface area (Å²) in [6, 6.07) is 8.24. The molecule has 3 heterocycles. The monoisotopic (exact) mass is 359 g/mol. The molecule has 0 bridgehead atoms. The maximum atomic E-state index is 12.8. The Morgan fingerprint density at radius 1 is 1.21 bits per heavy atom. The van der Waals surface area contributed by atoms with Crippen molar-refractivity contribution in [2.45, 2.75) is 36.0 Å². The van der Waals surface area contributed by atoms with Gasteiger partial charge in [-0.2, -0.15) is 0 Å². The van der Waals surface area contributed by atoms with Gasteiger partial charge in [-0.15, -0.1) is 23.1 Å². The van der Waals surface area contributed by atoms with Crippen molar-refractivity contribution in [1.29, 1.82) is 0 Å². The predicted molar refractivity (Wildman–Crippen MR) is 100 cm³/mol. The number of rotatable bonds is 3. The molecular formula is C18H21N3OS2. The van der Waals surface area contributed by atoms with Gasteiger partial charge in [0.1, 0.15) is 0 Å². The van der Waals surface area contributed by atoms with E-state index in [2.05, 4.69) is 27.8 Å². The minimum Gasteiger partial charge on any atom is -0.317 e. The molecule has 24 heavy (non-hydrogen) atoms. The molecule has 1 atom stereocenters. The molecule has 4 rings (SSSR count). The highest BCUT2D eigenvalue weighted by molar-refractivity contribution is 7.99. The van der Waals surface area contributed by atoms with E-state index in [1.54, 1.807) is 11.3 Å². The van der Waals surface area contributed by atoms with Gasteiger partial charge in [0.25, 0.3) is 0 Å². The van der Waals surface area contributed by atoms with Gasteiger partial charge in [-0.1, -0.05) is 18.2 Å². The number of benzene rings is 1. The predicted octanol–water partition coefficient (Wildman–Crippen LogP) is 3.83. The average molecular weight is 360 g/mol. The van der Waals surface area contributed by atoms with Crippen LogP contribution >= 0.6 is 23.1 Å². The summed E-state index contributed by atoms with van der Waals surface area (Å²) in [6.45, 7) is 2.14. The maximum absolute atomic E-state index is 12.8. The molecule has 1 saturated heterocycles. The van der Waals surface area contributed by atoms with Crippen molar-refractivity contribution in [3.63, 3.8) is 0 Å². The highest BCUT2D eigenvalue weighted by atomic mass is 32.2. The number of carbonyl (C=O) groups excluding carboxylic acids is 1. The number of hydrogen-bond acceptors (Lipinski definition) is 5. The van der Waals surface area contributed by atoms with E-state index >= 15 is 0 Å². The zero-order valence-electron chi connectivity index (χ0n) is 13.5. The van der Waals surface area contributed by atoms with Crippen LogP contribution in [0.2, 0.25) is 0 Å². The van der Waals surface area contributed by atoms with Gasteiger partial charge in [-0.05, 0) is 55.7 Å². The van der Waals surface area contributed by atoms with Crippen LogP contribution in [0.3, 0.4) is 0 Å². The van der Waals surface area contributed by atoms with Crippen LogP contribution in [0, 0.1) is 0 Å². The normalized spacial score (nSPS) is 21.2. The molecule has 1 fully saturated rings. The van der Waals surface area contributed by atoms with Gasteiger partial charge in [0, 0.05) is 16.0 Å². The van der Waals surface area contributed by atoms with Crippen molar-refractivity contribution in [3.05, 3.63) is 40.9 Å². The Labute approximate surface area is 150 Å². The van der Waals surface area contributed by atoms with Crippen LogP contribution in [0.5, 0.6) is 0 Å². The Kier molecular flexibility index (Phi) is 4.87. The van der Waals surface area contributed by atoms with Crippen LogP contribution in [0.25, 0.3) is 0 Å². The van der Waals surface area contributed by atoms with Gasteiger partial charge in [-0.3, -0.25) is 4.79 Å². The molecule has 2 aliphatic rings. The number of piperidine rings is 1. The molecule has 1 unspecified atom stereocenters. The van der Waals surface area contributed by atoms with E-state index in [1.165, 1.54) is 9.77 Å². The molecule has 1 aromatic heterocycles. The number of fused-ring (bicyclic) bond motifs is 1. The minimum atomic E-state index is -0.0614. The molecule has 6 heteroatoms. The highest BCUT2D eigenvalue weighted by Gasteiger charge is 2.27. The van der Waals surface area contributed by atoms with Gasteiger partial charge in [0.15, 0.2) is 5.13 Å². The summed E-state index contributed by atoms with van der Waals surface area (Å²) in [5, 5.41) is 7.18. The highest BCUT2D eigenvalue weighted by Crippen LogP contribution is 2.38. The van der Waals surface area contributed by atoms with Gasteiger partial charge in [0.2, 0.25) is 5.91 Å². The number of nitrogens with zero attached hydrogens (tertiary/aromatic N) is 1. The largest absolute Gasteiger partial charge is 0.317 e. The minimum absolute atomic E-state index is 0.0614. The third kappa shape index (κ3) is 3.36. The molecule has 1 amide bonds. The number of nitrogens with one attached hydrogen (secondary N) is 2. The van der Waals surface area contributed by atoms with Crippen LogP contribution in [-0.4, -0.2) is 29.7 Å². The lowest BCUT2D eigenvalue weighted by Crippen LogP contribution is -2.26. The van der Waals surface area contributed by atoms with Crippen molar-refractivity contribution < 1.29 is 4.79 Å². The van der Waals surface area contributed by atoms with Crippen molar-refractivity contribution >= 4 is 34.1 Å². The Hall–Kier alpha value is -1.37. The lowest BCUT2D eigenvalue weighted by molar-refractivity contribution is -0.117. The summed E-state index contributed by atoms with van der Waals surface area (Å²) in [7, 11) is 0. The summed E-state index contributed by atoms with van der Waals surface area (Å²) in [4.78, 5) is 19.7. The standard InChI is InChI=1S/C18H21N3OS2/c22-17(14-7-10-23-15-4-2-1-3-13(14)15)21-18-20-11-16(24-18)12-5-8-19-9-6-12/h1-4,11-12,14,19H,5-10H2,(H,20,21,22). The second-order valence-electron chi connectivity index (χ2n) is 6.31. The smallest absolute Gasteiger partial charge is 0.233 e. The molecule has 2 N–H and O–H groups in total. The molecule has 2 aromatic rings. The molecule has 0 saturated carbocycles. The number of anilines is 1. The van der Waals surface area contributed by atoms with Crippen LogP contribution in [0.1, 0.15) is 41.5 Å². The fourth-order valence-electron chi connectivity index (χ4n) is 3.45. The van der Waals surface area contributed by atoms with Crippen LogP contribution in [0.15, 0.2) is 35.4 Å². The van der Waals surface area contributed by atoms with Crippen molar-refractivity contribution in [3.8, 4) is 0 Å². The Morgan fingerprint density at radius 3 is 2.92 bits per heavy atom. The summed E-state index contributed by atoms with van der Waals surface area (Å²) < 4.78 is 0. The zero-order chi connectivity index (χ0) is 16.4. The molecular weight excluding hydrogens is 338 g/mol. The summed E-state index contributed by atoms with van der Waals surface area (Å²) in [5.74, 6) is 1.59. The fourth-order valence-corrected chi connectivity index (χ4v) is 5.56. The number of thioether (sulfide) groups is 1. The van der Waals surface area contributed by atoms with E-state index in [-0.39, 0.29) is 11.8 Å². The molecule has 0 radical (unpaired) electrons. The first kappa shape index (κ1) is 16.1. The van der Waals surface area contributed by atoms with Crippen LogP contribution < -0.4 is 10.6 Å². The molecule has 126 valence electrons. The van der Waals surface area contributed by atoms with Gasteiger partial charge >= 0.3 is 0 Å². The number of hydrogen-bond donors (Lipinski definition) is 2. The number of amides is 1. The second-order valence-corrected chi connectivity index (χ2v) is 8.51. The van der Waals surface area contributed by atoms with Crippen molar-refractivity contribution in [2.24, 2.45) is 0 Å². The summed E-state index contributed by atoms with van der Waals surface area (Å²) >= 11 is 3.48. The van der Waals surface area contributed by atoms with E-state index in [1.807, 2.05) is 30.1 Å². The second kappa shape index (κ2) is 7.25. The average Bonchev–Trinajstić information content (AvgIpc) is 3.10.